The number of urea groups is 1. The van der Waals surface area contributed by atoms with Crippen molar-refractivity contribution in [2.75, 3.05) is 0 Å². The van der Waals surface area contributed by atoms with Crippen LogP contribution in [-0.4, -0.2) is 31.6 Å². The van der Waals surface area contributed by atoms with Crippen LogP contribution in [0.3, 0.4) is 0 Å². The molecule has 1 N–H and O–H groups in total. The first-order chi connectivity index (χ1) is 12.9. The van der Waals surface area contributed by atoms with Gasteiger partial charge in [-0.3, -0.25) is 14.4 Å². The van der Waals surface area contributed by atoms with Crippen molar-refractivity contribution in [3.8, 4) is 10.6 Å². The number of benzene rings is 1. The maximum Gasteiger partial charge on any atom is 0.325 e. The summed E-state index contributed by atoms with van der Waals surface area (Å²) in [6.07, 6.45) is 3.62. The van der Waals surface area contributed by atoms with Crippen LogP contribution in [0, 0.1) is 6.92 Å². The predicted octanol–water partition coefficient (Wildman–Crippen LogP) is 2.82. The highest BCUT2D eigenvalue weighted by atomic mass is 32.1. The van der Waals surface area contributed by atoms with E-state index in [1.807, 2.05) is 49.8 Å². The number of aromatic nitrogens is 3. The number of hydrogen-bond donors (Lipinski definition) is 1. The number of amides is 3. The molecule has 1 unspecified atom stereocenters. The van der Waals surface area contributed by atoms with E-state index in [9.17, 15) is 9.59 Å². The van der Waals surface area contributed by atoms with Gasteiger partial charge in [0.25, 0.3) is 5.91 Å². The van der Waals surface area contributed by atoms with Gasteiger partial charge in [0.2, 0.25) is 0 Å². The maximum atomic E-state index is 13.0. The van der Waals surface area contributed by atoms with E-state index in [4.69, 9.17) is 0 Å². The number of rotatable bonds is 4. The molecule has 1 atom stereocenters. The Morgan fingerprint density at radius 3 is 2.63 bits per heavy atom. The molecule has 3 amide bonds. The standard InChI is InChI=1S/C19H19N5O2S/c1-12-4-6-14(7-5-12)19(2)17(25)24(18(26)22-19)10-15-11-27-16(21-15)13-8-20-23(3)9-13/h4-9,11H,10H2,1-3H3,(H,22,26). The minimum atomic E-state index is -1.06. The quantitative estimate of drug-likeness (QED) is 0.705. The van der Waals surface area contributed by atoms with Gasteiger partial charge in [-0.15, -0.1) is 11.3 Å². The third-order valence-electron chi connectivity index (χ3n) is 4.73. The Hall–Kier alpha value is -3.00. The second-order valence-electron chi connectivity index (χ2n) is 6.86. The Morgan fingerprint density at radius 2 is 1.96 bits per heavy atom. The van der Waals surface area contributed by atoms with Gasteiger partial charge in [-0.05, 0) is 19.4 Å². The molecule has 1 saturated heterocycles. The van der Waals surface area contributed by atoms with Crippen LogP contribution in [0.5, 0.6) is 0 Å². The van der Waals surface area contributed by atoms with E-state index < -0.39 is 11.6 Å². The van der Waals surface area contributed by atoms with Crippen molar-refractivity contribution in [1.82, 2.24) is 25.0 Å². The van der Waals surface area contributed by atoms with Gasteiger partial charge >= 0.3 is 6.03 Å². The Labute approximate surface area is 160 Å². The fourth-order valence-corrected chi connectivity index (χ4v) is 3.92. The molecule has 0 aliphatic carbocycles. The highest BCUT2D eigenvalue weighted by Gasteiger charge is 2.49. The first-order valence-electron chi connectivity index (χ1n) is 8.51. The molecule has 8 heteroatoms. The zero-order valence-electron chi connectivity index (χ0n) is 15.3. The summed E-state index contributed by atoms with van der Waals surface area (Å²) in [7, 11) is 1.84. The van der Waals surface area contributed by atoms with Gasteiger partial charge in [-0.2, -0.15) is 5.10 Å². The fourth-order valence-electron chi connectivity index (χ4n) is 3.13. The topological polar surface area (TPSA) is 80.1 Å². The molecule has 2 aromatic heterocycles. The number of nitrogens with zero attached hydrogens (tertiary/aromatic N) is 4. The van der Waals surface area contributed by atoms with E-state index in [2.05, 4.69) is 15.4 Å². The van der Waals surface area contributed by atoms with Crippen molar-refractivity contribution >= 4 is 23.3 Å². The molecular formula is C19H19N5O2S. The summed E-state index contributed by atoms with van der Waals surface area (Å²) < 4.78 is 1.71. The lowest BCUT2D eigenvalue weighted by molar-refractivity contribution is -0.131. The van der Waals surface area contributed by atoms with Crippen LogP contribution in [0.1, 0.15) is 23.7 Å². The molecule has 0 bridgehead atoms. The molecule has 0 saturated carbocycles. The number of imide groups is 1. The highest BCUT2D eigenvalue weighted by molar-refractivity contribution is 7.13. The van der Waals surface area contributed by atoms with E-state index in [1.165, 1.54) is 16.2 Å². The van der Waals surface area contributed by atoms with Crippen molar-refractivity contribution in [3.05, 3.63) is 58.9 Å². The lowest BCUT2D eigenvalue weighted by Crippen LogP contribution is -2.40. The van der Waals surface area contributed by atoms with Crippen LogP contribution >= 0.6 is 11.3 Å². The van der Waals surface area contributed by atoms with Crippen LogP contribution in [-0.2, 0) is 23.9 Å². The Bertz CT molecular complexity index is 1020. The Kier molecular flexibility index (Phi) is 4.07. The van der Waals surface area contributed by atoms with E-state index >= 15 is 0 Å². The first kappa shape index (κ1) is 17.4. The van der Waals surface area contributed by atoms with Crippen LogP contribution < -0.4 is 5.32 Å². The van der Waals surface area contributed by atoms with Crippen molar-refractivity contribution in [2.24, 2.45) is 7.05 Å². The van der Waals surface area contributed by atoms with E-state index in [0.29, 0.717) is 5.69 Å². The number of nitrogens with one attached hydrogen (secondary N) is 1. The van der Waals surface area contributed by atoms with Gasteiger partial charge in [-0.25, -0.2) is 9.78 Å². The van der Waals surface area contributed by atoms with Crippen molar-refractivity contribution in [3.63, 3.8) is 0 Å². The zero-order chi connectivity index (χ0) is 19.2. The molecule has 4 rings (SSSR count). The molecule has 1 aliphatic heterocycles. The van der Waals surface area contributed by atoms with Gasteiger partial charge in [0.15, 0.2) is 0 Å². The summed E-state index contributed by atoms with van der Waals surface area (Å²) in [5, 5.41) is 9.65. The average molecular weight is 381 g/mol. The summed E-state index contributed by atoms with van der Waals surface area (Å²) in [5.41, 5.74) is 2.39. The predicted molar refractivity (Wildman–Crippen MR) is 102 cm³/mol. The summed E-state index contributed by atoms with van der Waals surface area (Å²) in [6.45, 7) is 3.86. The van der Waals surface area contributed by atoms with Gasteiger partial charge in [0.1, 0.15) is 10.5 Å². The second kappa shape index (κ2) is 6.31. The Balaban J connectivity index is 1.56. The fraction of sp³-hybridized carbons (Fsp3) is 0.263. The molecule has 7 nitrogen and oxygen atoms in total. The number of thiazole rings is 1. The normalized spacial score (nSPS) is 19.6. The summed E-state index contributed by atoms with van der Waals surface area (Å²) in [6, 6.07) is 7.21. The van der Waals surface area contributed by atoms with Crippen LogP contribution in [0.2, 0.25) is 0 Å². The van der Waals surface area contributed by atoms with Gasteiger partial charge in [0, 0.05) is 24.2 Å². The van der Waals surface area contributed by atoms with Gasteiger partial charge in [-0.1, -0.05) is 29.8 Å². The number of aryl methyl sites for hydroxylation is 2. The first-order valence-corrected chi connectivity index (χ1v) is 9.39. The highest BCUT2D eigenvalue weighted by Crippen LogP contribution is 2.31. The summed E-state index contributed by atoms with van der Waals surface area (Å²) in [5.74, 6) is -0.271. The van der Waals surface area contributed by atoms with Crippen molar-refractivity contribution < 1.29 is 9.59 Å². The molecule has 3 aromatic rings. The van der Waals surface area contributed by atoms with Crippen molar-refractivity contribution in [2.45, 2.75) is 25.9 Å². The molecule has 1 fully saturated rings. The minimum Gasteiger partial charge on any atom is -0.319 e. The summed E-state index contributed by atoms with van der Waals surface area (Å²) in [4.78, 5) is 31.3. The van der Waals surface area contributed by atoms with Crippen LogP contribution in [0.15, 0.2) is 42.0 Å². The van der Waals surface area contributed by atoms with Crippen molar-refractivity contribution in [1.29, 1.82) is 0 Å². The molecule has 0 radical (unpaired) electrons. The second-order valence-corrected chi connectivity index (χ2v) is 7.72. The third kappa shape index (κ3) is 3.02. The SMILES string of the molecule is Cc1ccc(C2(C)NC(=O)N(Cc3csc(-c4cnn(C)c4)n3)C2=O)cc1. The molecule has 27 heavy (non-hydrogen) atoms. The average Bonchev–Trinajstić information content (AvgIpc) is 3.32. The van der Waals surface area contributed by atoms with E-state index in [-0.39, 0.29) is 12.5 Å². The molecule has 1 aliphatic rings. The largest absolute Gasteiger partial charge is 0.325 e. The number of carbonyl (C=O) groups excluding carboxylic acids is 2. The van der Waals surface area contributed by atoms with E-state index in [1.54, 1.807) is 17.8 Å². The molecule has 138 valence electrons. The third-order valence-corrected chi connectivity index (χ3v) is 5.67. The monoisotopic (exact) mass is 381 g/mol. The van der Waals surface area contributed by atoms with Gasteiger partial charge < -0.3 is 5.32 Å². The number of carbonyl (C=O) groups is 2. The maximum absolute atomic E-state index is 13.0. The zero-order valence-corrected chi connectivity index (χ0v) is 16.1. The lowest BCUT2D eigenvalue weighted by Gasteiger charge is -2.22. The molecule has 1 aromatic carbocycles. The summed E-state index contributed by atoms with van der Waals surface area (Å²) >= 11 is 1.47. The van der Waals surface area contributed by atoms with Crippen LogP contribution in [0.25, 0.3) is 10.6 Å². The van der Waals surface area contributed by atoms with Gasteiger partial charge in [0.05, 0.1) is 18.4 Å². The molecule has 3 heterocycles. The molecular weight excluding hydrogens is 362 g/mol. The number of hydrogen-bond acceptors (Lipinski definition) is 5. The molecule has 0 spiro atoms. The Morgan fingerprint density at radius 1 is 1.22 bits per heavy atom. The van der Waals surface area contributed by atoms with Crippen LogP contribution in [0.4, 0.5) is 4.79 Å². The van der Waals surface area contributed by atoms with E-state index in [0.717, 1.165) is 21.7 Å². The lowest BCUT2D eigenvalue weighted by atomic mass is 9.91. The minimum absolute atomic E-state index is 0.142. The smallest absolute Gasteiger partial charge is 0.319 e.